The van der Waals surface area contributed by atoms with Crippen LogP contribution in [-0.4, -0.2) is 57.5 Å². The highest BCUT2D eigenvalue weighted by Crippen LogP contribution is 2.32. The average molecular weight is 662 g/mol. The SMILES string of the molecule is COc1ccc(S(=O)(=O)N(CC(=O)N(Cc2ccccc2)C(Cc2ccccc2)C(=O)NC(C)(C)C)c2ccc(F)cc2)cc1OC. The monoisotopic (exact) mass is 661 g/mol. The summed E-state index contributed by atoms with van der Waals surface area (Å²) in [5.41, 5.74) is 1.02. The molecule has 0 aromatic heterocycles. The number of benzene rings is 4. The van der Waals surface area contributed by atoms with Gasteiger partial charge in [0.15, 0.2) is 11.5 Å². The van der Waals surface area contributed by atoms with Gasteiger partial charge in [-0.05, 0) is 68.3 Å². The van der Waals surface area contributed by atoms with Gasteiger partial charge in [-0.2, -0.15) is 0 Å². The summed E-state index contributed by atoms with van der Waals surface area (Å²) in [5, 5.41) is 3.00. The maximum absolute atomic E-state index is 14.5. The van der Waals surface area contributed by atoms with Crippen molar-refractivity contribution < 1.29 is 31.9 Å². The smallest absolute Gasteiger partial charge is 0.264 e. The molecule has 2 amide bonds. The van der Waals surface area contributed by atoms with E-state index >= 15 is 0 Å². The summed E-state index contributed by atoms with van der Waals surface area (Å²) in [6.45, 7) is 4.89. The molecule has 4 aromatic carbocycles. The lowest BCUT2D eigenvalue weighted by atomic mass is 10.0. The van der Waals surface area contributed by atoms with E-state index in [2.05, 4.69) is 5.32 Å². The van der Waals surface area contributed by atoms with Gasteiger partial charge in [-0.3, -0.25) is 13.9 Å². The minimum atomic E-state index is -4.43. The van der Waals surface area contributed by atoms with Gasteiger partial charge in [0.25, 0.3) is 10.0 Å². The van der Waals surface area contributed by atoms with Crippen LogP contribution in [0.3, 0.4) is 0 Å². The Kier molecular flexibility index (Phi) is 11.3. The van der Waals surface area contributed by atoms with E-state index < -0.39 is 39.9 Å². The van der Waals surface area contributed by atoms with Crippen LogP contribution in [0.15, 0.2) is 108 Å². The van der Waals surface area contributed by atoms with Crippen LogP contribution < -0.4 is 19.1 Å². The van der Waals surface area contributed by atoms with E-state index in [4.69, 9.17) is 9.47 Å². The summed E-state index contributed by atoms with van der Waals surface area (Å²) in [4.78, 5) is 29.7. The minimum absolute atomic E-state index is 0.0302. The van der Waals surface area contributed by atoms with Gasteiger partial charge in [-0.25, -0.2) is 12.8 Å². The van der Waals surface area contributed by atoms with E-state index in [1.165, 1.54) is 49.5 Å². The van der Waals surface area contributed by atoms with Crippen LogP contribution in [0.2, 0.25) is 0 Å². The van der Waals surface area contributed by atoms with Crippen LogP contribution in [0.25, 0.3) is 0 Å². The molecule has 4 aromatic rings. The van der Waals surface area contributed by atoms with Crippen molar-refractivity contribution in [2.45, 2.75) is 50.2 Å². The molecule has 1 atom stereocenters. The van der Waals surface area contributed by atoms with Gasteiger partial charge in [0, 0.05) is 24.6 Å². The summed E-state index contributed by atoms with van der Waals surface area (Å²) < 4.78 is 54.1. The number of hydrogen-bond donors (Lipinski definition) is 1. The third-order valence-electron chi connectivity index (χ3n) is 7.30. The lowest BCUT2D eigenvalue weighted by Crippen LogP contribution is -2.56. The van der Waals surface area contributed by atoms with Gasteiger partial charge < -0.3 is 19.7 Å². The quantitative estimate of drug-likeness (QED) is 0.200. The maximum Gasteiger partial charge on any atom is 0.264 e. The molecule has 0 spiro atoms. The number of hydrogen-bond acceptors (Lipinski definition) is 6. The number of rotatable bonds is 13. The lowest BCUT2D eigenvalue weighted by molar-refractivity contribution is -0.140. The average Bonchev–Trinajstić information content (AvgIpc) is 3.05. The number of nitrogens with zero attached hydrogens (tertiary/aromatic N) is 2. The Morgan fingerprint density at radius 1 is 0.809 bits per heavy atom. The molecule has 1 unspecified atom stereocenters. The van der Waals surface area contributed by atoms with Crippen molar-refractivity contribution >= 4 is 27.5 Å². The third-order valence-corrected chi connectivity index (χ3v) is 9.07. The van der Waals surface area contributed by atoms with Crippen LogP contribution >= 0.6 is 0 Å². The number of sulfonamides is 1. The predicted octanol–water partition coefficient (Wildman–Crippen LogP) is 5.59. The zero-order chi connectivity index (χ0) is 34.2. The minimum Gasteiger partial charge on any atom is -0.493 e. The van der Waals surface area contributed by atoms with Crippen molar-refractivity contribution in [3.63, 3.8) is 0 Å². The van der Waals surface area contributed by atoms with Crippen molar-refractivity contribution in [3.8, 4) is 11.5 Å². The first-order valence-electron chi connectivity index (χ1n) is 15.0. The number of methoxy groups -OCH3 is 2. The highest BCUT2D eigenvalue weighted by atomic mass is 32.2. The summed E-state index contributed by atoms with van der Waals surface area (Å²) >= 11 is 0. The Labute approximate surface area is 276 Å². The van der Waals surface area contributed by atoms with Crippen LogP contribution in [0.4, 0.5) is 10.1 Å². The number of nitrogens with one attached hydrogen (secondary N) is 1. The van der Waals surface area contributed by atoms with E-state index in [1.807, 2.05) is 81.4 Å². The molecule has 0 saturated carbocycles. The molecule has 0 radical (unpaired) electrons. The van der Waals surface area contributed by atoms with Gasteiger partial charge in [0.05, 0.1) is 24.8 Å². The van der Waals surface area contributed by atoms with Crippen molar-refractivity contribution in [1.29, 1.82) is 0 Å². The molecule has 1 N–H and O–H groups in total. The summed E-state index contributed by atoms with van der Waals surface area (Å²) in [5.74, 6) is -1.10. The Hall–Kier alpha value is -4.90. The molecule has 47 heavy (non-hydrogen) atoms. The molecular weight excluding hydrogens is 621 g/mol. The first-order chi connectivity index (χ1) is 22.3. The van der Waals surface area contributed by atoms with E-state index in [0.717, 1.165) is 27.6 Å². The Morgan fingerprint density at radius 2 is 1.38 bits per heavy atom. The molecule has 0 fully saturated rings. The number of carbonyl (C=O) groups is 2. The molecule has 0 bridgehead atoms. The predicted molar refractivity (Wildman–Crippen MR) is 179 cm³/mol. The topological polar surface area (TPSA) is 105 Å². The lowest BCUT2D eigenvalue weighted by Gasteiger charge is -2.35. The fourth-order valence-electron chi connectivity index (χ4n) is 5.03. The largest absolute Gasteiger partial charge is 0.493 e. The number of amides is 2. The molecule has 9 nitrogen and oxygen atoms in total. The Balaban J connectivity index is 1.82. The van der Waals surface area contributed by atoms with Crippen LogP contribution in [0.1, 0.15) is 31.9 Å². The summed E-state index contributed by atoms with van der Waals surface area (Å²) in [6.07, 6.45) is 0.181. The number of halogens is 1. The van der Waals surface area contributed by atoms with Gasteiger partial charge in [0.1, 0.15) is 18.4 Å². The third kappa shape index (κ3) is 9.10. The fraction of sp³-hybridized carbons (Fsp3) is 0.278. The second-order valence-corrected chi connectivity index (χ2v) is 13.8. The van der Waals surface area contributed by atoms with Crippen LogP contribution in [0, 0.1) is 5.82 Å². The molecule has 0 heterocycles. The van der Waals surface area contributed by atoms with Crippen molar-refractivity contribution in [1.82, 2.24) is 10.2 Å². The first kappa shape index (κ1) is 35.0. The zero-order valence-corrected chi connectivity index (χ0v) is 28.0. The highest BCUT2D eigenvalue weighted by molar-refractivity contribution is 7.92. The van der Waals surface area contributed by atoms with Crippen LogP contribution in [0.5, 0.6) is 11.5 Å². The first-order valence-corrected chi connectivity index (χ1v) is 16.5. The van der Waals surface area contributed by atoms with E-state index in [0.29, 0.717) is 5.75 Å². The van der Waals surface area contributed by atoms with E-state index in [-0.39, 0.29) is 35.2 Å². The van der Waals surface area contributed by atoms with Crippen molar-refractivity contribution in [2.75, 3.05) is 25.1 Å². The second-order valence-electron chi connectivity index (χ2n) is 12.0. The standard InChI is InChI=1S/C36H40FN3O6S/c1-36(2,3)38-35(42)31(22-26-12-8-6-9-13-26)39(24-27-14-10-7-11-15-27)34(41)25-40(29-18-16-28(37)17-19-29)47(43,44)30-20-21-32(45-4)33(23-30)46-5/h6-21,23,31H,22,24-25H2,1-5H3,(H,38,42). The van der Waals surface area contributed by atoms with Gasteiger partial charge in [-0.15, -0.1) is 0 Å². The molecule has 248 valence electrons. The van der Waals surface area contributed by atoms with Gasteiger partial charge >= 0.3 is 0 Å². The maximum atomic E-state index is 14.5. The number of anilines is 1. The Morgan fingerprint density at radius 3 is 1.94 bits per heavy atom. The number of ether oxygens (including phenoxy) is 2. The highest BCUT2D eigenvalue weighted by Gasteiger charge is 2.36. The second kappa shape index (κ2) is 15.1. The summed E-state index contributed by atoms with van der Waals surface area (Å²) in [6, 6.07) is 26.4. The molecule has 0 saturated heterocycles. The number of carbonyl (C=O) groups excluding carboxylic acids is 2. The van der Waals surface area contributed by atoms with E-state index in [9.17, 15) is 22.4 Å². The molecule has 0 aliphatic carbocycles. The van der Waals surface area contributed by atoms with Crippen molar-refractivity contribution in [2.24, 2.45) is 0 Å². The van der Waals surface area contributed by atoms with Gasteiger partial charge in [-0.1, -0.05) is 60.7 Å². The molecule has 0 aliphatic rings. The molecular formula is C36H40FN3O6S. The van der Waals surface area contributed by atoms with Crippen molar-refractivity contribution in [3.05, 3.63) is 120 Å². The molecule has 0 aliphatic heterocycles. The van der Waals surface area contributed by atoms with E-state index in [1.54, 1.807) is 0 Å². The Bertz CT molecular complexity index is 1760. The molecule has 4 rings (SSSR count). The zero-order valence-electron chi connectivity index (χ0n) is 27.1. The normalized spacial score (nSPS) is 12.1. The van der Waals surface area contributed by atoms with Crippen LogP contribution in [-0.2, 0) is 32.6 Å². The molecule has 11 heteroatoms. The summed E-state index contributed by atoms with van der Waals surface area (Å²) in [7, 11) is -1.62. The van der Waals surface area contributed by atoms with Gasteiger partial charge in [0.2, 0.25) is 11.8 Å². The fourth-order valence-corrected chi connectivity index (χ4v) is 6.46.